The maximum absolute atomic E-state index is 4.44. The Hall–Kier alpha value is -1.39. The smallest absolute Gasteiger partial charge is 0.189 e. The third kappa shape index (κ3) is 2.84. The van der Waals surface area contributed by atoms with E-state index >= 15 is 0 Å². The highest BCUT2D eigenvalue weighted by molar-refractivity contribution is 7.15. The second kappa shape index (κ2) is 5.29. The van der Waals surface area contributed by atoms with Crippen LogP contribution in [0, 0.1) is 6.92 Å². The maximum Gasteiger partial charge on any atom is 0.189 e. The van der Waals surface area contributed by atoms with Crippen LogP contribution in [0.1, 0.15) is 10.4 Å². The lowest BCUT2D eigenvalue weighted by molar-refractivity contribution is 0.829. The molecule has 1 N–H and O–H groups in total. The van der Waals surface area contributed by atoms with E-state index in [4.69, 9.17) is 0 Å². The lowest BCUT2D eigenvalue weighted by Gasteiger charge is -2.15. The largest absolute Gasteiger partial charge is 0.321 e. The zero-order valence-electron chi connectivity index (χ0n) is 10.4. The zero-order chi connectivity index (χ0) is 12.3. The van der Waals surface area contributed by atoms with Crippen LogP contribution in [0.25, 0.3) is 0 Å². The minimum absolute atomic E-state index is 0.874. The second-order valence-corrected chi connectivity index (χ2v) is 5.13. The monoisotopic (exact) mass is 247 g/mol. The Morgan fingerprint density at radius 1 is 1.29 bits per heavy atom. The van der Waals surface area contributed by atoms with Crippen LogP contribution >= 0.6 is 11.3 Å². The summed E-state index contributed by atoms with van der Waals surface area (Å²) in [5.74, 6) is 0. The number of benzene rings is 1. The van der Waals surface area contributed by atoms with Gasteiger partial charge in [-0.3, -0.25) is 0 Å². The van der Waals surface area contributed by atoms with E-state index in [-0.39, 0.29) is 0 Å². The van der Waals surface area contributed by atoms with Crippen LogP contribution in [0.3, 0.4) is 0 Å². The van der Waals surface area contributed by atoms with Gasteiger partial charge in [0.25, 0.3) is 0 Å². The fourth-order valence-corrected chi connectivity index (χ4v) is 2.49. The molecule has 4 heteroatoms. The summed E-state index contributed by atoms with van der Waals surface area (Å²) in [4.78, 5) is 7.80. The summed E-state index contributed by atoms with van der Waals surface area (Å²) in [5, 5.41) is 4.16. The fraction of sp³-hybridized carbons (Fsp3) is 0.308. The van der Waals surface area contributed by atoms with Crippen LogP contribution in [-0.2, 0) is 6.54 Å². The van der Waals surface area contributed by atoms with Crippen molar-refractivity contribution >= 4 is 22.2 Å². The van der Waals surface area contributed by atoms with Crippen molar-refractivity contribution in [1.29, 1.82) is 0 Å². The van der Waals surface area contributed by atoms with Gasteiger partial charge in [-0.1, -0.05) is 17.7 Å². The van der Waals surface area contributed by atoms with Gasteiger partial charge in [-0.05, 0) is 26.1 Å². The van der Waals surface area contributed by atoms with E-state index in [1.165, 1.54) is 16.1 Å². The first kappa shape index (κ1) is 12.1. The topological polar surface area (TPSA) is 28.2 Å². The maximum atomic E-state index is 4.44. The molecule has 0 saturated heterocycles. The summed E-state index contributed by atoms with van der Waals surface area (Å²) in [6.45, 7) is 2.97. The highest BCUT2D eigenvalue weighted by Gasteiger charge is 2.08. The molecule has 0 bridgehead atoms. The van der Waals surface area contributed by atoms with Crippen molar-refractivity contribution in [1.82, 2.24) is 10.3 Å². The van der Waals surface area contributed by atoms with Crippen molar-refractivity contribution < 1.29 is 0 Å². The number of nitrogens with zero attached hydrogens (tertiary/aromatic N) is 2. The second-order valence-electron chi connectivity index (χ2n) is 4.03. The number of aromatic nitrogens is 1. The Labute approximate surface area is 106 Å². The predicted molar refractivity (Wildman–Crippen MR) is 74.1 cm³/mol. The molecule has 0 saturated carbocycles. The molecule has 0 amide bonds. The van der Waals surface area contributed by atoms with Crippen molar-refractivity contribution in [2.45, 2.75) is 13.5 Å². The molecule has 2 aromatic rings. The fourth-order valence-electron chi connectivity index (χ4n) is 1.59. The first-order valence-electron chi connectivity index (χ1n) is 5.60. The highest BCUT2D eigenvalue weighted by atomic mass is 32.1. The summed E-state index contributed by atoms with van der Waals surface area (Å²) >= 11 is 1.72. The number of rotatable bonds is 4. The number of aryl methyl sites for hydroxylation is 1. The predicted octanol–water partition coefficient (Wildman–Crippen LogP) is 2.94. The van der Waals surface area contributed by atoms with Gasteiger partial charge in [-0.15, -0.1) is 11.3 Å². The zero-order valence-corrected chi connectivity index (χ0v) is 11.2. The number of anilines is 2. The molecule has 0 atom stereocenters. The molecule has 3 nitrogen and oxygen atoms in total. The van der Waals surface area contributed by atoms with Gasteiger partial charge in [0.15, 0.2) is 5.13 Å². The van der Waals surface area contributed by atoms with E-state index in [1.807, 2.05) is 20.3 Å². The summed E-state index contributed by atoms with van der Waals surface area (Å²) in [6, 6.07) is 8.48. The molecular weight excluding hydrogens is 230 g/mol. The van der Waals surface area contributed by atoms with Gasteiger partial charge in [0.2, 0.25) is 0 Å². The first-order chi connectivity index (χ1) is 8.20. The average Bonchev–Trinajstić information content (AvgIpc) is 2.78. The number of hydrogen-bond donors (Lipinski definition) is 1. The normalized spacial score (nSPS) is 10.5. The van der Waals surface area contributed by atoms with Crippen LogP contribution < -0.4 is 10.2 Å². The SMILES string of the molecule is CNCc1cnc(N(C)c2ccc(C)cc2)s1. The van der Waals surface area contributed by atoms with Gasteiger partial charge >= 0.3 is 0 Å². The van der Waals surface area contributed by atoms with Gasteiger partial charge < -0.3 is 10.2 Å². The Bertz CT molecular complexity index is 476. The Kier molecular flexibility index (Phi) is 3.76. The van der Waals surface area contributed by atoms with Crippen molar-refractivity contribution in [2.24, 2.45) is 0 Å². The van der Waals surface area contributed by atoms with Crippen LogP contribution in [0.4, 0.5) is 10.8 Å². The van der Waals surface area contributed by atoms with E-state index in [9.17, 15) is 0 Å². The van der Waals surface area contributed by atoms with Crippen molar-refractivity contribution in [3.05, 3.63) is 40.9 Å². The van der Waals surface area contributed by atoms with Gasteiger partial charge in [-0.25, -0.2) is 4.98 Å². The molecule has 1 aromatic carbocycles. The third-order valence-electron chi connectivity index (χ3n) is 2.60. The minimum atomic E-state index is 0.874. The lowest BCUT2D eigenvalue weighted by Crippen LogP contribution is -2.08. The van der Waals surface area contributed by atoms with E-state index in [0.29, 0.717) is 0 Å². The van der Waals surface area contributed by atoms with E-state index in [2.05, 4.69) is 46.4 Å². The molecular formula is C13H17N3S. The molecule has 0 radical (unpaired) electrons. The summed E-state index contributed by atoms with van der Waals surface area (Å²) < 4.78 is 0. The third-order valence-corrected chi connectivity index (χ3v) is 3.67. The summed E-state index contributed by atoms with van der Waals surface area (Å²) in [6.07, 6.45) is 1.93. The van der Waals surface area contributed by atoms with Crippen molar-refractivity contribution in [3.8, 4) is 0 Å². The Morgan fingerprint density at radius 2 is 2.00 bits per heavy atom. The average molecular weight is 247 g/mol. The van der Waals surface area contributed by atoms with Gasteiger partial charge in [-0.2, -0.15) is 0 Å². The van der Waals surface area contributed by atoms with Gasteiger partial charge in [0.1, 0.15) is 0 Å². The Morgan fingerprint density at radius 3 is 2.65 bits per heavy atom. The summed E-state index contributed by atoms with van der Waals surface area (Å²) in [5.41, 5.74) is 2.44. The standard InChI is InChI=1S/C13H17N3S/c1-10-4-6-11(7-5-10)16(3)13-15-9-12(17-13)8-14-2/h4-7,9,14H,8H2,1-3H3. The van der Waals surface area contributed by atoms with E-state index in [1.54, 1.807) is 11.3 Å². The Balaban J connectivity index is 2.18. The quantitative estimate of drug-likeness (QED) is 0.900. The lowest BCUT2D eigenvalue weighted by atomic mass is 10.2. The molecule has 0 aliphatic heterocycles. The summed E-state index contributed by atoms with van der Waals surface area (Å²) in [7, 11) is 4.00. The molecule has 0 unspecified atom stereocenters. The molecule has 90 valence electrons. The first-order valence-corrected chi connectivity index (χ1v) is 6.42. The van der Waals surface area contributed by atoms with Crippen LogP contribution in [0.15, 0.2) is 30.5 Å². The van der Waals surface area contributed by atoms with Gasteiger partial charge in [0, 0.05) is 30.4 Å². The van der Waals surface area contributed by atoms with Crippen molar-refractivity contribution in [2.75, 3.05) is 19.0 Å². The molecule has 1 heterocycles. The molecule has 1 aromatic heterocycles. The minimum Gasteiger partial charge on any atom is -0.321 e. The van der Waals surface area contributed by atoms with Crippen LogP contribution in [0.5, 0.6) is 0 Å². The van der Waals surface area contributed by atoms with Gasteiger partial charge in [0.05, 0.1) is 0 Å². The molecule has 2 rings (SSSR count). The molecule has 0 aliphatic carbocycles. The molecule has 0 spiro atoms. The molecule has 0 aliphatic rings. The highest BCUT2D eigenvalue weighted by Crippen LogP contribution is 2.27. The van der Waals surface area contributed by atoms with E-state index in [0.717, 1.165) is 11.7 Å². The van der Waals surface area contributed by atoms with Crippen molar-refractivity contribution in [3.63, 3.8) is 0 Å². The number of hydrogen-bond acceptors (Lipinski definition) is 4. The van der Waals surface area contributed by atoms with Crippen LogP contribution in [0.2, 0.25) is 0 Å². The molecule has 0 fully saturated rings. The molecule has 17 heavy (non-hydrogen) atoms. The number of thiazole rings is 1. The van der Waals surface area contributed by atoms with E-state index < -0.39 is 0 Å². The van der Waals surface area contributed by atoms with Crippen LogP contribution in [-0.4, -0.2) is 19.1 Å². The number of nitrogens with one attached hydrogen (secondary N) is 1.